The van der Waals surface area contributed by atoms with Crippen LogP contribution in [0.4, 0.5) is 0 Å². The molecule has 14 heavy (non-hydrogen) atoms. The molecule has 0 spiro atoms. The first kappa shape index (κ1) is 11.8. The van der Waals surface area contributed by atoms with Crippen molar-refractivity contribution >= 4 is 0 Å². The van der Waals surface area contributed by atoms with E-state index in [1.165, 1.54) is 38.5 Å². The minimum atomic E-state index is 0.348. The minimum absolute atomic E-state index is 0.348. The lowest BCUT2D eigenvalue weighted by atomic mass is 9.81. The molecule has 82 valence electrons. The third-order valence-electron chi connectivity index (χ3n) is 3.65. The van der Waals surface area contributed by atoms with Gasteiger partial charge >= 0.3 is 0 Å². The van der Waals surface area contributed by atoms with Gasteiger partial charge < -0.3 is 5.73 Å². The van der Waals surface area contributed by atoms with Crippen molar-refractivity contribution in [3.63, 3.8) is 0 Å². The lowest BCUT2D eigenvalue weighted by molar-refractivity contribution is 0.294. The van der Waals surface area contributed by atoms with Crippen molar-refractivity contribution in [1.29, 1.82) is 0 Å². The fourth-order valence-electron chi connectivity index (χ4n) is 2.63. The van der Waals surface area contributed by atoms with E-state index in [1.54, 1.807) is 0 Å². The molecule has 0 aromatic rings. The van der Waals surface area contributed by atoms with E-state index in [2.05, 4.69) is 13.5 Å². The summed E-state index contributed by atoms with van der Waals surface area (Å²) in [7, 11) is 0. The lowest BCUT2D eigenvalue weighted by Crippen LogP contribution is -2.31. The Hall–Kier alpha value is -0.300. The largest absolute Gasteiger partial charge is 0.327 e. The molecule has 0 aliphatic heterocycles. The van der Waals surface area contributed by atoms with E-state index in [-0.39, 0.29) is 0 Å². The molecule has 1 nitrogen and oxygen atoms in total. The van der Waals surface area contributed by atoms with Gasteiger partial charge in [-0.05, 0) is 24.7 Å². The third-order valence-corrected chi connectivity index (χ3v) is 3.65. The number of rotatable bonds is 5. The number of hydrogen-bond donors (Lipinski definition) is 1. The SMILES string of the molecule is C=CC(CC)C(N)CC1CCCCC1. The van der Waals surface area contributed by atoms with Gasteiger partial charge in [-0.2, -0.15) is 0 Å². The van der Waals surface area contributed by atoms with Crippen LogP contribution < -0.4 is 5.73 Å². The Morgan fingerprint density at radius 3 is 2.50 bits per heavy atom. The summed E-state index contributed by atoms with van der Waals surface area (Å²) >= 11 is 0. The van der Waals surface area contributed by atoms with E-state index >= 15 is 0 Å². The Balaban J connectivity index is 2.30. The fourth-order valence-corrected chi connectivity index (χ4v) is 2.63. The second kappa shape index (κ2) is 6.23. The van der Waals surface area contributed by atoms with Crippen LogP contribution in [0, 0.1) is 11.8 Å². The zero-order valence-corrected chi connectivity index (χ0v) is 9.54. The maximum Gasteiger partial charge on any atom is 0.0104 e. The van der Waals surface area contributed by atoms with Crippen LogP contribution >= 0.6 is 0 Å². The van der Waals surface area contributed by atoms with Crippen molar-refractivity contribution in [1.82, 2.24) is 0 Å². The smallest absolute Gasteiger partial charge is 0.0104 e. The summed E-state index contributed by atoms with van der Waals surface area (Å²) in [6.07, 6.45) is 11.5. The zero-order valence-electron chi connectivity index (χ0n) is 9.54. The van der Waals surface area contributed by atoms with Crippen molar-refractivity contribution in [3.05, 3.63) is 12.7 Å². The quantitative estimate of drug-likeness (QED) is 0.668. The summed E-state index contributed by atoms with van der Waals surface area (Å²) in [5.41, 5.74) is 6.20. The van der Waals surface area contributed by atoms with Crippen LogP contribution in [0.25, 0.3) is 0 Å². The molecule has 2 atom stereocenters. The summed E-state index contributed by atoms with van der Waals surface area (Å²) in [4.78, 5) is 0. The molecule has 1 fully saturated rings. The van der Waals surface area contributed by atoms with Crippen LogP contribution in [0.2, 0.25) is 0 Å². The summed E-state index contributed by atoms with van der Waals surface area (Å²) in [6.45, 7) is 6.07. The van der Waals surface area contributed by atoms with Gasteiger partial charge in [0, 0.05) is 6.04 Å². The van der Waals surface area contributed by atoms with Crippen molar-refractivity contribution < 1.29 is 0 Å². The monoisotopic (exact) mass is 195 g/mol. The van der Waals surface area contributed by atoms with Crippen LogP contribution in [0.1, 0.15) is 51.9 Å². The first-order valence-corrected chi connectivity index (χ1v) is 6.16. The predicted octanol–water partition coefficient (Wildman–Crippen LogP) is 3.50. The molecule has 0 amide bonds. The van der Waals surface area contributed by atoms with E-state index in [0.29, 0.717) is 12.0 Å². The van der Waals surface area contributed by atoms with E-state index in [1.807, 2.05) is 6.08 Å². The molecule has 0 bridgehead atoms. The summed E-state index contributed by atoms with van der Waals surface area (Å²) in [6, 6.07) is 0.348. The summed E-state index contributed by atoms with van der Waals surface area (Å²) < 4.78 is 0. The fraction of sp³-hybridized carbons (Fsp3) is 0.846. The molecule has 2 N–H and O–H groups in total. The van der Waals surface area contributed by atoms with Crippen LogP contribution in [-0.4, -0.2) is 6.04 Å². The number of nitrogens with two attached hydrogens (primary N) is 1. The number of hydrogen-bond acceptors (Lipinski definition) is 1. The molecular formula is C13H25N. The van der Waals surface area contributed by atoms with Gasteiger partial charge in [0.25, 0.3) is 0 Å². The first-order valence-electron chi connectivity index (χ1n) is 6.16. The Kier molecular flexibility index (Phi) is 5.24. The Labute approximate surface area is 88.8 Å². The highest BCUT2D eigenvalue weighted by molar-refractivity contribution is 4.87. The van der Waals surface area contributed by atoms with Crippen molar-refractivity contribution in [2.24, 2.45) is 17.6 Å². The molecule has 1 aliphatic carbocycles. The normalized spacial score (nSPS) is 23.0. The topological polar surface area (TPSA) is 26.0 Å². The van der Waals surface area contributed by atoms with Gasteiger partial charge in [-0.15, -0.1) is 6.58 Å². The molecular weight excluding hydrogens is 170 g/mol. The molecule has 0 radical (unpaired) electrons. The third kappa shape index (κ3) is 3.45. The Morgan fingerprint density at radius 1 is 1.36 bits per heavy atom. The predicted molar refractivity (Wildman–Crippen MR) is 63.1 cm³/mol. The molecule has 0 aromatic carbocycles. The second-order valence-electron chi connectivity index (χ2n) is 4.71. The highest BCUT2D eigenvalue weighted by Gasteiger charge is 2.20. The lowest BCUT2D eigenvalue weighted by Gasteiger charge is -2.27. The molecule has 1 heteroatoms. The molecule has 0 heterocycles. The van der Waals surface area contributed by atoms with Gasteiger partial charge in [0.2, 0.25) is 0 Å². The van der Waals surface area contributed by atoms with Gasteiger partial charge in [-0.25, -0.2) is 0 Å². The van der Waals surface area contributed by atoms with Gasteiger partial charge in [0.15, 0.2) is 0 Å². The average molecular weight is 195 g/mol. The van der Waals surface area contributed by atoms with Gasteiger partial charge in [-0.1, -0.05) is 45.1 Å². The Morgan fingerprint density at radius 2 is 2.00 bits per heavy atom. The highest BCUT2D eigenvalue weighted by atomic mass is 14.6. The van der Waals surface area contributed by atoms with Gasteiger partial charge in [0.1, 0.15) is 0 Å². The maximum absolute atomic E-state index is 6.20. The highest BCUT2D eigenvalue weighted by Crippen LogP contribution is 2.28. The maximum atomic E-state index is 6.20. The van der Waals surface area contributed by atoms with Crippen LogP contribution in [0.5, 0.6) is 0 Å². The van der Waals surface area contributed by atoms with Crippen LogP contribution in [0.3, 0.4) is 0 Å². The second-order valence-corrected chi connectivity index (χ2v) is 4.71. The van der Waals surface area contributed by atoms with E-state index < -0.39 is 0 Å². The van der Waals surface area contributed by atoms with Crippen LogP contribution in [0.15, 0.2) is 12.7 Å². The summed E-state index contributed by atoms with van der Waals surface area (Å²) in [5.74, 6) is 1.42. The Bertz CT molecular complexity index is 159. The van der Waals surface area contributed by atoms with E-state index in [0.717, 1.165) is 12.3 Å². The molecule has 0 saturated heterocycles. The van der Waals surface area contributed by atoms with E-state index in [9.17, 15) is 0 Å². The standard InChI is InChI=1S/C13H25N/c1-3-12(4-2)13(14)10-11-8-6-5-7-9-11/h3,11-13H,1,4-10,14H2,2H3. The van der Waals surface area contributed by atoms with Crippen LogP contribution in [-0.2, 0) is 0 Å². The molecule has 0 aromatic heterocycles. The van der Waals surface area contributed by atoms with Crippen molar-refractivity contribution in [2.75, 3.05) is 0 Å². The first-order chi connectivity index (χ1) is 6.77. The summed E-state index contributed by atoms with van der Waals surface area (Å²) in [5, 5.41) is 0. The molecule has 1 saturated carbocycles. The van der Waals surface area contributed by atoms with Gasteiger partial charge in [0.05, 0.1) is 0 Å². The molecule has 1 aliphatic rings. The molecule has 1 rings (SSSR count). The van der Waals surface area contributed by atoms with E-state index in [4.69, 9.17) is 5.73 Å². The van der Waals surface area contributed by atoms with Gasteiger partial charge in [-0.3, -0.25) is 0 Å². The molecule has 2 unspecified atom stereocenters. The van der Waals surface area contributed by atoms with Crippen molar-refractivity contribution in [2.45, 2.75) is 57.9 Å². The van der Waals surface area contributed by atoms with Crippen molar-refractivity contribution in [3.8, 4) is 0 Å². The minimum Gasteiger partial charge on any atom is -0.327 e. The zero-order chi connectivity index (χ0) is 10.4. The average Bonchev–Trinajstić information content (AvgIpc) is 2.21.